The van der Waals surface area contributed by atoms with E-state index in [-0.39, 0.29) is 28.8 Å². The van der Waals surface area contributed by atoms with Gasteiger partial charge in [0.2, 0.25) is 10.0 Å². The zero-order valence-electron chi connectivity index (χ0n) is 15.5. The van der Waals surface area contributed by atoms with Crippen molar-refractivity contribution in [1.29, 1.82) is 0 Å². The molecular formula is C19H21Cl2NO5S. The van der Waals surface area contributed by atoms with Crippen LogP contribution >= 0.6 is 23.2 Å². The molecule has 0 aliphatic heterocycles. The zero-order valence-corrected chi connectivity index (χ0v) is 17.8. The first-order chi connectivity index (χ1) is 13.1. The highest BCUT2D eigenvalue weighted by Crippen LogP contribution is 2.35. The van der Waals surface area contributed by atoms with Crippen LogP contribution in [-0.4, -0.2) is 25.2 Å². The molecule has 2 aromatic carbocycles. The van der Waals surface area contributed by atoms with Crippen LogP contribution in [0.1, 0.15) is 30.0 Å². The van der Waals surface area contributed by atoms with E-state index in [4.69, 9.17) is 33.0 Å². The summed E-state index contributed by atoms with van der Waals surface area (Å²) in [5.41, 5.74) is 2.78. The topological polar surface area (TPSA) is 92.7 Å². The number of carboxylic acid groups (broad SMARTS) is 1. The number of hydrogen-bond acceptors (Lipinski definition) is 4. The van der Waals surface area contributed by atoms with Crippen LogP contribution in [0.3, 0.4) is 0 Å². The van der Waals surface area contributed by atoms with E-state index in [9.17, 15) is 13.2 Å². The van der Waals surface area contributed by atoms with Crippen molar-refractivity contribution in [3.8, 4) is 5.75 Å². The fourth-order valence-electron chi connectivity index (χ4n) is 2.56. The van der Waals surface area contributed by atoms with Crippen molar-refractivity contribution in [3.05, 3.63) is 57.1 Å². The Bertz CT molecular complexity index is 953. The molecular weight excluding hydrogens is 425 g/mol. The van der Waals surface area contributed by atoms with Gasteiger partial charge >= 0.3 is 5.97 Å². The second-order valence-electron chi connectivity index (χ2n) is 6.28. The van der Waals surface area contributed by atoms with Crippen LogP contribution < -0.4 is 9.46 Å². The molecule has 152 valence electrons. The van der Waals surface area contributed by atoms with Crippen LogP contribution in [0.4, 0.5) is 5.69 Å². The number of carboxylic acids is 1. The van der Waals surface area contributed by atoms with E-state index in [1.807, 2.05) is 13.0 Å². The minimum absolute atomic E-state index is 0.0212. The number of carbonyl (C=O) groups is 1. The monoisotopic (exact) mass is 445 g/mol. The predicted octanol–water partition coefficient (Wildman–Crippen LogP) is 4.66. The highest BCUT2D eigenvalue weighted by atomic mass is 35.5. The first-order valence-electron chi connectivity index (χ1n) is 8.53. The minimum atomic E-state index is -3.38. The lowest BCUT2D eigenvalue weighted by Crippen LogP contribution is -2.15. The normalized spacial score (nSPS) is 11.3. The molecule has 2 aromatic rings. The Balaban J connectivity index is 2.15. The quantitative estimate of drug-likeness (QED) is 0.585. The molecule has 0 saturated carbocycles. The standard InChI is InChI=1S/C19H21Cl2NO5S/c1-3-28(25,26)22-15-7-12(2)6-14(8-15)11-27-19-16(20)9-13(10-17(19)21)4-5-18(23)24/h6-10,22H,3-5,11H2,1-2H3,(H,23,24). The molecule has 2 rings (SSSR count). The maximum atomic E-state index is 11.8. The van der Waals surface area contributed by atoms with Gasteiger partial charge in [-0.1, -0.05) is 29.3 Å². The molecule has 0 aliphatic carbocycles. The lowest BCUT2D eigenvalue weighted by Gasteiger charge is -2.14. The second kappa shape index (κ2) is 9.49. The van der Waals surface area contributed by atoms with Crippen LogP contribution in [0.5, 0.6) is 5.75 Å². The number of ether oxygens (including phenoxy) is 1. The smallest absolute Gasteiger partial charge is 0.303 e. The van der Waals surface area contributed by atoms with E-state index >= 15 is 0 Å². The zero-order chi connectivity index (χ0) is 20.9. The molecule has 0 amide bonds. The number of sulfonamides is 1. The third-order valence-electron chi connectivity index (χ3n) is 3.86. The number of aliphatic carboxylic acids is 1. The van der Waals surface area contributed by atoms with Crippen LogP contribution in [0.25, 0.3) is 0 Å². The minimum Gasteiger partial charge on any atom is -0.486 e. The SMILES string of the molecule is CCS(=O)(=O)Nc1cc(C)cc(COc2c(Cl)cc(CCC(=O)O)cc2Cl)c1. The highest BCUT2D eigenvalue weighted by molar-refractivity contribution is 7.92. The lowest BCUT2D eigenvalue weighted by molar-refractivity contribution is -0.136. The van der Waals surface area contributed by atoms with Gasteiger partial charge in [-0.2, -0.15) is 0 Å². The van der Waals surface area contributed by atoms with E-state index in [2.05, 4.69) is 4.72 Å². The second-order valence-corrected chi connectivity index (χ2v) is 9.11. The molecule has 0 atom stereocenters. The van der Waals surface area contributed by atoms with E-state index in [1.54, 1.807) is 31.2 Å². The van der Waals surface area contributed by atoms with Crippen LogP contribution in [0.15, 0.2) is 30.3 Å². The summed E-state index contributed by atoms with van der Waals surface area (Å²) in [6.07, 6.45) is 0.292. The van der Waals surface area contributed by atoms with Crippen molar-refractivity contribution < 1.29 is 23.1 Å². The first kappa shape index (κ1) is 22.3. The fourth-order valence-corrected chi connectivity index (χ4v) is 3.82. The third-order valence-corrected chi connectivity index (χ3v) is 5.73. The van der Waals surface area contributed by atoms with Gasteiger partial charge in [0.15, 0.2) is 5.75 Å². The number of nitrogens with one attached hydrogen (secondary N) is 1. The summed E-state index contributed by atoms with van der Waals surface area (Å²) in [6.45, 7) is 3.55. The molecule has 0 unspecified atom stereocenters. The van der Waals surface area contributed by atoms with Gasteiger partial charge in [-0.3, -0.25) is 9.52 Å². The Morgan fingerprint density at radius 1 is 1.11 bits per heavy atom. The van der Waals surface area contributed by atoms with Crippen molar-refractivity contribution in [2.45, 2.75) is 33.3 Å². The Hall–Kier alpha value is -1.96. The van der Waals surface area contributed by atoms with Gasteiger partial charge in [0, 0.05) is 12.1 Å². The summed E-state index contributed by atoms with van der Waals surface area (Å²) in [5, 5.41) is 9.35. The molecule has 0 aromatic heterocycles. The maximum Gasteiger partial charge on any atom is 0.303 e. The highest BCUT2D eigenvalue weighted by Gasteiger charge is 2.12. The van der Waals surface area contributed by atoms with Gasteiger partial charge in [0.1, 0.15) is 6.61 Å². The third kappa shape index (κ3) is 6.58. The van der Waals surface area contributed by atoms with E-state index in [1.165, 1.54) is 0 Å². The molecule has 2 N–H and O–H groups in total. The fraction of sp³-hybridized carbons (Fsp3) is 0.316. The van der Waals surface area contributed by atoms with Crippen molar-refractivity contribution in [2.24, 2.45) is 0 Å². The van der Waals surface area contributed by atoms with Crippen molar-refractivity contribution in [2.75, 3.05) is 10.5 Å². The molecule has 0 aliphatic rings. The van der Waals surface area contributed by atoms with E-state index in [0.717, 1.165) is 11.1 Å². The lowest BCUT2D eigenvalue weighted by atomic mass is 10.1. The number of benzene rings is 2. The summed E-state index contributed by atoms with van der Waals surface area (Å²) < 4.78 is 31.8. The summed E-state index contributed by atoms with van der Waals surface area (Å²) in [6, 6.07) is 8.54. The van der Waals surface area contributed by atoms with Gasteiger partial charge in [-0.05, 0) is 61.2 Å². The largest absolute Gasteiger partial charge is 0.486 e. The van der Waals surface area contributed by atoms with Gasteiger partial charge in [0.05, 0.1) is 15.8 Å². The van der Waals surface area contributed by atoms with Crippen molar-refractivity contribution in [3.63, 3.8) is 0 Å². The Morgan fingerprint density at radius 3 is 2.32 bits per heavy atom. The molecule has 0 radical (unpaired) electrons. The maximum absolute atomic E-state index is 11.8. The van der Waals surface area contributed by atoms with E-state index < -0.39 is 16.0 Å². The molecule has 28 heavy (non-hydrogen) atoms. The molecule has 9 heteroatoms. The average Bonchev–Trinajstić information content (AvgIpc) is 2.58. The van der Waals surface area contributed by atoms with Gasteiger partial charge in [-0.25, -0.2) is 8.42 Å². The summed E-state index contributed by atoms with van der Waals surface area (Å²) in [5.74, 6) is -0.632. The average molecular weight is 446 g/mol. The number of anilines is 1. The summed E-state index contributed by atoms with van der Waals surface area (Å²) in [7, 11) is -3.38. The first-order valence-corrected chi connectivity index (χ1v) is 10.9. The molecule has 0 saturated heterocycles. The van der Waals surface area contributed by atoms with Gasteiger partial charge in [0.25, 0.3) is 0 Å². The van der Waals surface area contributed by atoms with Gasteiger partial charge < -0.3 is 9.84 Å². The van der Waals surface area contributed by atoms with E-state index in [0.29, 0.717) is 23.4 Å². The van der Waals surface area contributed by atoms with Crippen LogP contribution in [0, 0.1) is 6.92 Å². The van der Waals surface area contributed by atoms with Crippen LogP contribution in [0.2, 0.25) is 10.0 Å². The Kier molecular flexibility index (Phi) is 7.57. The Morgan fingerprint density at radius 2 is 1.75 bits per heavy atom. The molecule has 0 bridgehead atoms. The molecule has 6 nitrogen and oxygen atoms in total. The van der Waals surface area contributed by atoms with Gasteiger partial charge in [-0.15, -0.1) is 0 Å². The number of hydrogen-bond donors (Lipinski definition) is 2. The number of aryl methyl sites for hydroxylation is 2. The predicted molar refractivity (Wildman–Crippen MR) is 111 cm³/mol. The summed E-state index contributed by atoms with van der Waals surface area (Å²) in [4.78, 5) is 10.7. The van der Waals surface area contributed by atoms with Crippen LogP contribution in [-0.2, 0) is 27.8 Å². The molecule has 0 spiro atoms. The van der Waals surface area contributed by atoms with Crippen molar-refractivity contribution in [1.82, 2.24) is 0 Å². The van der Waals surface area contributed by atoms with Crippen molar-refractivity contribution >= 4 is 44.9 Å². The summed E-state index contributed by atoms with van der Waals surface area (Å²) >= 11 is 12.5. The number of rotatable bonds is 9. The Labute approximate surface area is 174 Å². The number of halogens is 2. The molecule has 0 heterocycles. The molecule has 0 fully saturated rings.